The molecule has 0 bridgehead atoms. The highest BCUT2D eigenvalue weighted by Crippen LogP contribution is 2.35. The molecular weight excluding hydrogens is 240 g/mol. The Bertz CT molecular complexity index is 657. The summed E-state index contributed by atoms with van der Waals surface area (Å²) in [6, 6.07) is 13.6. The summed E-state index contributed by atoms with van der Waals surface area (Å²) in [6.07, 6.45) is 5.85. The van der Waals surface area contributed by atoms with Gasteiger partial charge in [0.15, 0.2) is 0 Å². The van der Waals surface area contributed by atoms with Crippen molar-refractivity contribution in [2.75, 3.05) is 0 Å². The van der Waals surface area contributed by atoms with Gasteiger partial charge >= 0.3 is 0 Å². The number of hydrogen-bond acceptors (Lipinski definition) is 0. The molecule has 0 nitrogen and oxygen atoms in total. The number of rotatable bonds is 3. The van der Waals surface area contributed by atoms with Crippen molar-refractivity contribution in [3.8, 4) is 11.1 Å². The topological polar surface area (TPSA) is 0 Å². The second-order valence-electron chi connectivity index (χ2n) is 5.94. The fourth-order valence-electron chi connectivity index (χ4n) is 3.14. The van der Waals surface area contributed by atoms with Crippen LogP contribution in [0.4, 0.5) is 0 Å². The Morgan fingerprint density at radius 3 is 2.40 bits per heavy atom. The minimum Gasteiger partial charge on any atom is -0.0683 e. The molecule has 0 aliphatic heterocycles. The molecule has 3 rings (SSSR count). The van der Waals surface area contributed by atoms with Crippen LogP contribution in [0.1, 0.15) is 42.5 Å². The number of aryl methyl sites for hydroxylation is 2. The molecule has 0 N–H and O–H groups in total. The first kappa shape index (κ1) is 13.2. The van der Waals surface area contributed by atoms with Gasteiger partial charge in [-0.2, -0.15) is 0 Å². The molecule has 102 valence electrons. The maximum Gasteiger partial charge on any atom is -0.00577 e. The molecular formula is C20H22. The summed E-state index contributed by atoms with van der Waals surface area (Å²) in [6.45, 7) is 6.68. The van der Waals surface area contributed by atoms with Crippen LogP contribution in [0.3, 0.4) is 0 Å². The molecule has 0 spiro atoms. The first-order chi connectivity index (χ1) is 9.69. The van der Waals surface area contributed by atoms with Crippen molar-refractivity contribution < 1.29 is 0 Å². The van der Waals surface area contributed by atoms with Crippen LogP contribution in [0.15, 0.2) is 42.0 Å². The van der Waals surface area contributed by atoms with Crippen LogP contribution in [0.25, 0.3) is 17.2 Å². The highest BCUT2D eigenvalue weighted by Gasteiger charge is 2.16. The maximum absolute atomic E-state index is 2.36. The molecule has 2 aromatic rings. The van der Waals surface area contributed by atoms with Gasteiger partial charge in [0, 0.05) is 0 Å². The van der Waals surface area contributed by atoms with E-state index >= 15 is 0 Å². The van der Waals surface area contributed by atoms with Gasteiger partial charge in [0.05, 0.1) is 0 Å². The molecule has 0 saturated carbocycles. The predicted octanol–water partition coefficient (Wildman–Crippen LogP) is 5.57. The van der Waals surface area contributed by atoms with Gasteiger partial charge in [-0.25, -0.2) is 0 Å². The van der Waals surface area contributed by atoms with Crippen molar-refractivity contribution in [3.63, 3.8) is 0 Å². The number of benzene rings is 2. The quantitative estimate of drug-likeness (QED) is 0.678. The third-order valence-corrected chi connectivity index (χ3v) is 4.24. The van der Waals surface area contributed by atoms with Gasteiger partial charge < -0.3 is 0 Å². The second kappa shape index (κ2) is 5.28. The van der Waals surface area contributed by atoms with Gasteiger partial charge in [-0.05, 0) is 60.1 Å². The van der Waals surface area contributed by atoms with E-state index in [1.165, 1.54) is 51.8 Å². The highest BCUT2D eigenvalue weighted by atomic mass is 14.2. The average Bonchev–Trinajstić information content (AvgIpc) is 2.83. The normalized spacial score (nSPS) is 13.2. The Labute approximate surface area is 122 Å². The van der Waals surface area contributed by atoms with Gasteiger partial charge in [0.25, 0.3) is 0 Å². The predicted molar refractivity (Wildman–Crippen MR) is 88.0 cm³/mol. The van der Waals surface area contributed by atoms with E-state index in [9.17, 15) is 0 Å². The van der Waals surface area contributed by atoms with E-state index in [1.54, 1.807) is 0 Å². The van der Waals surface area contributed by atoms with Crippen LogP contribution in [0.5, 0.6) is 0 Å². The van der Waals surface area contributed by atoms with E-state index in [1.807, 2.05) is 0 Å². The fraction of sp³-hybridized carbons (Fsp3) is 0.300. The molecule has 20 heavy (non-hydrogen) atoms. The lowest BCUT2D eigenvalue weighted by atomic mass is 9.93. The maximum atomic E-state index is 2.36. The standard InChI is InChI=1S/C20H22/c1-4-5-16-7-9-17(10-8-16)18-11-6-15(3)19-12-14(2)13-20(18)19/h6-11,13H,4-5,12H2,1-3H3. The lowest BCUT2D eigenvalue weighted by Crippen LogP contribution is -1.92. The molecule has 0 heteroatoms. The number of hydrogen-bond donors (Lipinski definition) is 0. The zero-order valence-electron chi connectivity index (χ0n) is 12.7. The summed E-state index contributed by atoms with van der Waals surface area (Å²) in [7, 11) is 0. The molecule has 0 amide bonds. The summed E-state index contributed by atoms with van der Waals surface area (Å²) in [4.78, 5) is 0. The van der Waals surface area contributed by atoms with Crippen molar-refractivity contribution >= 4 is 6.08 Å². The zero-order chi connectivity index (χ0) is 14.1. The van der Waals surface area contributed by atoms with Crippen LogP contribution >= 0.6 is 0 Å². The van der Waals surface area contributed by atoms with Crippen LogP contribution in [-0.4, -0.2) is 0 Å². The Kier molecular flexibility index (Phi) is 3.48. The lowest BCUT2D eigenvalue weighted by molar-refractivity contribution is 0.922. The van der Waals surface area contributed by atoms with Gasteiger partial charge in [0.1, 0.15) is 0 Å². The largest absolute Gasteiger partial charge is 0.0683 e. The van der Waals surface area contributed by atoms with Crippen molar-refractivity contribution in [3.05, 3.63) is 64.2 Å². The summed E-state index contributed by atoms with van der Waals surface area (Å²) < 4.78 is 0. The van der Waals surface area contributed by atoms with E-state index in [0.717, 1.165) is 6.42 Å². The molecule has 0 aromatic heterocycles. The van der Waals surface area contributed by atoms with Gasteiger partial charge in [-0.1, -0.05) is 61.4 Å². The summed E-state index contributed by atoms with van der Waals surface area (Å²) in [5.74, 6) is 0. The minimum absolute atomic E-state index is 1.11. The molecule has 2 aromatic carbocycles. The summed E-state index contributed by atoms with van der Waals surface area (Å²) in [5, 5.41) is 0. The van der Waals surface area contributed by atoms with Gasteiger partial charge in [-0.3, -0.25) is 0 Å². The number of fused-ring (bicyclic) bond motifs is 1. The van der Waals surface area contributed by atoms with Crippen LogP contribution in [-0.2, 0) is 12.8 Å². The van der Waals surface area contributed by atoms with Crippen molar-refractivity contribution in [1.29, 1.82) is 0 Å². The summed E-state index contributed by atoms with van der Waals surface area (Å²) in [5.41, 5.74) is 9.99. The lowest BCUT2D eigenvalue weighted by Gasteiger charge is -2.11. The SMILES string of the molecule is CCCc1ccc(-c2ccc(C)c3c2C=C(C)C3)cc1. The van der Waals surface area contributed by atoms with E-state index in [0.29, 0.717) is 0 Å². The zero-order valence-corrected chi connectivity index (χ0v) is 12.7. The molecule has 0 saturated heterocycles. The second-order valence-corrected chi connectivity index (χ2v) is 5.94. The molecule has 1 aliphatic carbocycles. The molecule has 0 unspecified atom stereocenters. The molecule has 0 radical (unpaired) electrons. The van der Waals surface area contributed by atoms with Gasteiger partial charge in [-0.15, -0.1) is 0 Å². The average molecular weight is 262 g/mol. The third kappa shape index (κ3) is 2.31. The van der Waals surface area contributed by atoms with Crippen LogP contribution < -0.4 is 0 Å². The molecule has 1 aliphatic rings. The Morgan fingerprint density at radius 2 is 1.70 bits per heavy atom. The van der Waals surface area contributed by atoms with Crippen molar-refractivity contribution in [2.45, 2.75) is 40.0 Å². The first-order valence-corrected chi connectivity index (χ1v) is 7.58. The van der Waals surface area contributed by atoms with E-state index in [-0.39, 0.29) is 0 Å². The first-order valence-electron chi connectivity index (χ1n) is 7.58. The van der Waals surface area contributed by atoms with Crippen molar-refractivity contribution in [2.24, 2.45) is 0 Å². The van der Waals surface area contributed by atoms with Crippen molar-refractivity contribution in [1.82, 2.24) is 0 Å². The monoisotopic (exact) mass is 262 g/mol. The summed E-state index contributed by atoms with van der Waals surface area (Å²) >= 11 is 0. The molecule has 0 fully saturated rings. The van der Waals surface area contributed by atoms with Crippen LogP contribution in [0, 0.1) is 6.92 Å². The minimum atomic E-state index is 1.11. The van der Waals surface area contributed by atoms with Crippen LogP contribution in [0.2, 0.25) is 0 Å². The smallest absolute Gasteiger partial charge is 0.00577 e. The Morgan fingerprint density at radius 1 is 0.950 bits per heavy atom. The van der Waals surface area contributed by atoms with E-state index in [4.69, 9.17) is 0 Å². The number of allylic oxidation sites excluding steroid dienone is 1. The molecule has 0 heterocycles. The van der Waals surface area contributed by atoms with E-state index < -0.39 is 0 Å². The fourth-order valence-corrected chi connectivity index (χ4v) is 3.14. The Balaban J connectivity index is 2.05. The molecule has 0 atom stereocenters. The highest BCUT2D eigenvalue weighted by molar-refractivity contribution is 5.81. The van der Waals surface area contributed by atoms with Gasteiger partial charge in [0.2, 0.25) is 0 Å². The Hall–Kier alpha value is -1.82. The van der Waals surface area contributed by atoms with E-state index in [2.05, 4.69) is 63.2 Å². The third-order valence-electron chi connectivity index (χ3n) is 4.24.